The van der Waals surface area contributed by atoms with Crippen molar-refractivity contribution in [3.63, 3.8) is 0 Å². The Balaban J connectivity index is 0.000000294. The lowest BCUT2D eigenvalue weighted by molar-refractivity contribution is -0.182. The molecule has 1 aromatic heterocycles. The predicted molar refractivity (Wildman–Crippen MR) is 115 cm³/mol. The third-order valence-electron chi connectivity index (χ3n) is 3.71. The molecule has 0 aliphatic carbocycles. The number of methoxy groups -OCH3 is 1. The van der Waals surface area contributed by atoms with Gasteiger partial charge in [-0.25, -0.2) is 23.0 Å². The Bertz CT molecular complexity index is 1270. The number of aromatic carboxylic acids is 1. The molecule has 3 aromatic rings. The van der Waals surface area contributed by atoms with Crippen molar-refractivity contribution >= 4 is 33.4 Å². The number of halogens is 1. The molecule has 0 spiro atoms. The molecule has 174 valence electrons. The average molecular weight is 497 g/mol. The molecule has 0 amide bonds. The summed E-state index contributed by atoms with van der Waals surface area (Å²) in [5.74, 6) is -1.99. The SMILES string of the molecule is COc1ccccc1Oc1nc(S(C)(=O)=O)ncc1C(=O)O.O=C(OO)c1cccc(Cl)c1. The van der Waals surface area contributed by atoms with Gasteiger partial charge in [0.2, 0.25) is 20.9 Å². The van der Waals surface area contributed by atoms with E-state index in [-0.39, 0.29) is 22.8 Å². The quantitative estimate of drug-likeness (QED) is 0.292. The second-order valence-corrected chi connectivity index (χ2v) is 8.44. The predicted octanol–water partition coefficient (Wildman–Crippen LogP) is 3.35. The molecule has 0 saturated heterocycles. The van der Waals surface area contributed by atoms with Crippen LogP contribution in [0.2, 0.25) is 5.02 Å². The Labute approximate surface area is 193 Å². The first-order chi connectivity index (χ1) is 15.6. The Hall–Kier alpha value is -3.74. The second kappa shape index (κ2) is 11.2. The van der Waals surface area contributed by atoms with Crippen LogP contribution in [0, 0.1) is 0 Å². The number of hydrogen-bond acceptors (Lipinski definition) is 10. The van der Waals surface area contributed by atoms with Crippen LogP contribution < -0.4 is 9.47 Å². The first kappa shape index (κ1) is 25.5. The highest BCUT2D eigenvalue weighted by Gasteiger charge is 2.21. The van der Waals surface area contributed by atoms with E-state index in [0.717, 1.165) is 12.5 Å². The lowest BCUT2D eigenvalue weighted by atomic mass is 10.2. The maximum absolute atomic E-state index is 11.5. The summed E-state index contributed by atoms with van der Waals surface area (Å²) in [5, 5.41) is 17.0. The lowest BCUT2D eigenvalue weighted by Gasteiger charge is -2.11. The van der Waals surface area contributed by atoms with E-state index in [1.807, 2.05) is 0 Å². The molecule has 13 heteroatoms. The summed E-state index contributed by atoms with van der Waals surface area (Å²) >= 11 is 5.56. The van der Waals surface area contributed by atoms with E-state index in [1.165, 1.54) is 25.3 Å². The number of nitrogens with zero attached hydrogens (tertiary/aromatic N) is 2. The summed E-state index contributed by atoms with van der Waals surface area (Å²) in [7, 11) is -2.28. The van der Waals surface area contributed by atoms with Crippen LogP contribution in [0.15, 0.2) is 59.9 Å². The number of ether oxygens (including phenoxy) is 2. The molecule has 3 rings (SSSR count). The minimum Gasteiger partial charge on any atom is -0.493 e. The summed E-state index contributed by atoms with van der Waals surface area (Å²) in [6, 6.07) is 12.6. The fraction of sp³-hybridized carbons (Fsp3) is 0.100. The summed E-state index contributed by atoms with van der Waals surface area (Å²) < 4.78 is 33.5. The molecular weight excluding hydrogens is 480 g/mol. The Morgan fingerprint density at radius 2 is 1.73 bits per heavy atom. The minimum atomic E-state index is -3.70. The number of para-hydroxylation sites is 2. The molecule has 1 heterocycles. The molecule has 0 fully saturated rings. The van der Waals surface area contributed by atoms with Crippen LogP contribution >= 0.6 is 11.6 Å². The molecule has 0 saturated carbocycles. The summed E-state index contributed by atoms with van der Waals surface area (Å²) in [6.07, 6.45) is 1.80. The van der Waals surface area contributed by atoms with E-state index in [4.69, 9.17) is 31.4 Å². The van der Waals surface area contributed by atoms with Crippen LogP contribution in [0.4, 0.5) is 0 Å². The van der Waals surface area contributed by atoms with Gasteiger partial charge in [-0.2, -0.15) is 10.2 Å². The molecule has 0 unspecified atom stereocenters. The number of benzene rings is 2. The number of carboxylic acid groups (broad SMARTS) is 1. The molecule has 2 N–H and O–H groups in total. The van der Waals surface area contributed by atoms with Crippen molar-refractivity contribution in [1.82, 2.24) is 9.97 Å². The third-order valence-corrected chi connectivity index (χ3v) is 4.81. The number of carbonyl (C=O) groups is 2. The van der Waals surface area contributed by atoms with Gasteiger partial charge in [-0.15, -0.1) is 0 Å². The zero-order valence-electron chi connectivity index (χ0n) is 17.1. The number of rotatable bonds is 6. The fourth-order valence-corrected chi connectivity index (χ4v) is 2.91. The molecule has 0 aliphatic rings. The Morgan fingerprint density at radius 1 is 1.06 bits per heavy atom. The molecule has 2 aromatic carbocycles. The van der Waals surface area contributed by atoms with Crippen molar-refractivity contribution in [3.8, 4) is 17.4 Å². The highest BCUT2D eigenvalue weighted by atomic mass is 35.5. The summed E-state index contributed by atoms with van der Waals surface area (Å²) in [4.78, 5) is 32.5. The van der Waals surface area contributed by atoms with Crippen molar-refractivity contribution in [2.75, 3.05) is 13.4 Å². The maximum Gasteiger partial charge on any atom is 0.372 e. The van der Waals surface area contributed by atoms with Gasteiger partial charge in [0.05, 0.1) is 18.9 Å². The second-order valence-electron chi connectivity index (χ2n) is 6.09. The van der Waals surface area contributed by atoms with E-state index in [0.29, 0.717) is 10.8 Å². The molecule has 0 bridgehead atoms. The van der Waals surface area contributed by atoms with E-state index >= 15 is 0 Å². The lowest BCUT2D eigenvalue weighted by Crippen LogP contribution is -2.09. The summed E-state index contributed by atoms with van der Waals surface area (Å²) in [6.45, 7) is 0. The zero-order chi connectivity index (χ0) is 24.6. The van der Waals surface area contributed by atoms with Crippen LogP contribution in [0.3, 0.4) is 0 Å². The van der Waals surface area contributed by atoms with Crippen LogP contribution in [0.5, 0.6) is 17.4 Å². The van der Waals surface area contributed by atoms with Crippen LogP contribution in [-0.4, -0.2) is 54.1 Å². The number of carbonyl (C=O) groups excluding carboxylic acids is 1. The largest absolute Gasteiger partial charge is 0.493 e. The van der Waals surface area contributed by atoms with E-state index in [2.05, 4.69) is 14.9 Å². The van der Waals surface area contributed by atoms with Crippen LogP contribution in [-0.2, 0) is 14.7 Å². The molecule has 0 atom stereocenters. The molecule has 0 aliphatic heterocycles. The van der Waals surface area contributed by atoms with E-state index in [9.17, 15) is 18.0 Å². The van der Waals surface area contributed by atoms with Crippen molar-refractivity contribution in [3.05, 3.63) is 70.9 Å². The Morgan fingerprint density at radius 3 is 2.27 bits per heavy atom. The van der Waals surface area contributed by atoms with Gasteiger partial charge in [-0.1, -0.05) is 29.8 Å². The van der Waals surface area contributed by atoms with Gasteiger partial charge in [0.25, 0.3) is 0 Å². The normalized spacial score (nSPS) is 10.4. The maximum atomic E-state index is 11.5. The monoisotopic (exact) mass is 496 g/mol. The molecule has 0 radical (unpaired) electrons. The third kappa shape index (κ3) is 7.14. The van der Waals surface area contributed by atoms with Crippen molar-refractivity contribution in [2.45, 2.75) is 5.16 Å². The highest BCUT2D eigenvalue weighted by Crippen LogP contribution is 2.31. The van der Waals surface area contributed by atoms with Gasteiger partial charge in [0.1, 0.15) is 5.56 Å². The van der Waals surface area contributed by atoms with Gasteiger partial charge in [0, 0.05) is 11.3 Å². The van der Waals surface area contributed by atoms with E-state index < -0.39 is 26.9 Å². The van der Waals surface area contributed by atoms with Crippen molar-refractivity contribution in [2.24, 2.45) is 0 Å². The van der Waals surface area contributed by atoms with Gasteiger partial charge in [0.15, 0.2) is 11.5 Å². The first-order valence-electron chi connectivity index (χ1n) is 8.79. The van der Waals surface area contributed by atoms with Crippen LogP contribution in [0.1, 0.15) is 20.7 Å². The number of aromatic nitrogens is 2. The van der Waals surface area contributed by atoms with Crippen molar-refractivity contribution < 1.29 is 42.7 Å². The minimum absolute atomic E-state index is 0.200. The number of hydrogen-bond donors (Lipinski definition) is 2. The van der Waals surface area contributed by atoms with E-state index in [1.54, 1.807) is 30.3 Å². The molecule has 11 nitrogen and oxygen atoms in total. The van der Waals surface area contributed by atoms with Crippen LogP contribution in [0.25, 0.3) is 0 Å². The number of carboxylic acids is 1. The van der Waals surface area contributed by atoms with Crippen molar-refractivity contribution in [1.29, 1.82) is 0 Å². The standard InChI is InChI=1S/C13H12N2O6S.C7H5ClO3/c1-20-9-5-3-4-6-10(9)21-11-8(12(16)17)7-14-13(15-11)22(2,18)19;8-6-3-1-2-5(4-6)7(9)11-10/h3-7H,1-2H3,(H,16,17);1-4,10H. The smallest absolute Gasteiger partial charge is 0.372 e. The summed E-state index contributed by atoms with van der Waals surface area (Å²) in [5.41, 5.74) is -0.140. The van der Waals surface area contributed by atoms with Gasteiger partial charge < -0.3 is 14.6 Å². The topological polar surface area (TPSA) is 162 Å². The number of sulfone groups is 1. The molecular formula is C20H17ClN2O9S. The zero-order valence-corrected chi connectivity index (χ0v) is 18.7. The van der Waals surface area contributed by atoms with Gasteiger partial charge in [-0.05, 0) is 30.3 Å². The Kier molecular flexibility index (Phi) is 8.68. The first-order valence-corrected chi connectivity index (χ1v) is 11.1. The van der Waals surface area contributed by atoms with Gasteiger partial charge >= 0.3 is 11.9 Å². The fourth-order valence-electron chi connectivity index (χ4n) is 2.23. The highest BCUT2D eigenvalue weighted by molar-refractivity contribution is 7.90. The average Bonchev–Trinajstić information content (AvgIpc) is 2.78. The van der Waals surface area contributed by atoms with Gasteiger partial charge in [-0.3, -0.25) is 4.89 Å². The molecule has 33 heavy (non-hydrogen) atoms.